The minimum Gasteiger partial charge on any atom is -0.278 e. The Labute approximate surface area is 154 Å². The molecule has 0 unspecified atom stereocenters. The summed E-state index contributed by atoms with van der Waals surface area (Å²) < 4.78 is 28.7. The highest BCUT2D eigenvalue weighted by Crippen LogP contribution is 2.31. The number of rotatable bonds is 5. The van der Waals surface area contributed by atoms with E-state index in [9.17, 15) is 13.7 Å². The maximum atomic E-state index is 13.1. The van der Waals surface area contributed by atoms with Gasteiger partial charge in [-0.25, -0.2) is 8.42 Å². The van der Waals surface area contributed by atoms with Crippen LogP contribution in [0.4, 0.5) is 5.69 Å². The van der Waals surface area contributed by atoms with Crippen LogP contribution in [0.25, 0.3) is 10.8 Å². The first-order valence-corrected chi connectivity index (χ1v) is 10.1. The van der Waals surface area contributed by atoms with Crippen LogP contribution >= 0.6 is 0 Å². The van der Waals surface area contributed by atoms with E-state index in [1.165, 1.54) is 0 Å². The van der Waals surface area contributed by atoms with Crippen molar-refractivity contribution in [1.29, 1.82) is 5.26 Å². The number of fused-ring (bicyclic) bond motifs is 1. The van der Waals surface area contributed by atoms with Crippen LogP contribution in [0.5, 0.6) is 0 Å². The second-order valence-electron chi connectivity index (χ2n) is 6.03. The molecule has 0 aliphatic heterocycles. The topological polar surface area (TPSA) is 70.0 Å². The first-order chi connectivity index (χ1) is 12.5. The molecule has 4 nitrogen and oxygen atoms in total. The van der Waals surface area contributed by atoms with Gasteiger partial charge >= 0.3 is 0 Å². The number of aryl methyl sites for hydroxylation is 2. The number of benzene rings is 3. The number of sulfonamides is 1. The van der Waals surface area contributed by atoms with Crippen LogP contribution in [0.2, 0.25) is 0 Å². The van der Waals surface area contributed by atoms with Crippen LogP contribution < -0.4 is 4.72 Å². The van der Waals surface area contributed by atoms with Gasteiger partial charge < -0.3 is 0 Å². The van der Waals surface area contributed by atoms with Crippen molar-refractivity contribution < 1.29 is 8.42 Å². The number of hydrogen-bond acceptors (Lipinski definition) is 3. The lowest BCUT2D eigenvalue weighted by Gasteiger charge is -2.16. The van der Waals surface area contributed by atoms with Crippen molar-refractivity contribution in [3.63, 3.8) is 0 Å². The molecule has 3 rings (SSSR count). The average Bonchev–Trinajstić information content (AvgIpc) is 2.66. The molecule has 0 radical (unpaired) electrons. The highest BCUT2D eigenvalue weighted by Gasteiger charge is 2.21. The number of nitrogens with zero attached hydrogens (tertiary/aromatic N) is 1. The molecule has 0 aliphatic carbocycles. The fourth-order valence-electron chi connectivity index (χ4n) is 3.28. The van der Waals surface area contributed by atoms with E-state index >= 15 is 0 Å². The Morgan fingerprint density at radius 3 is 2.42 bits per heavy atom. The number of anilines is 1. The quantitative estimate of drug-likeness (QED) is 0.717. The third kappa shape index (κ3) is 3.16. The average molecular weight is 364 g/mol. The number of nitriles is 1. The summed E-state index contributed by atoms with van der Waals surface area (Å²) in [5.74, 6) is 0. The number of nitrogens with one attached hydrogen (secondary N) is 1. The standard InChI is InChI=1S/C21H20N2O2S/c1-3-15-9-7-10-16-12-13-20(18(4-2)21(15)16)26(24,25)23-19-11-6-5-8-17(19)14-22/h5-13,23H,3-4H2,1-2H3. The highest BCUT2D eigenvalue weighted by molar-refractivity contribution is 7.92. The summed E-state index contributed by atoms with van der Waals surface area (Å²) in [6, 6.07) is 18.2. The summed E-state index contributed by atoms with van der Waals surface area (Å²) in [7, 11) is -3.81. The van der Waals surface area contributed by atoms with Crippen LogP contribution in [-0.4, -0.2) is 8.42 Å². The molecule has 0 fully saturated rings. The Morgan fingerprint density at radius 2 is 1.73 bits per heavy atom. The molecule has 0 spiro atoms. The third-order valence-electron chi connectivity index (χ3n) is 4.51. The van der Waals surface area contributed by atoms with Gasteiger partial charge in [0, 0.05) is 0 Å². The first kappa shape index (κ1) is 18.0. The van der Waals surface area contributed by atoms with E-state index in [0.29, 0.717) is 17.7 Å². The largest absolute Gasteiger partial charge is 0.278 e. The van der Waals surface area contributed by atoms with Crippen LogP contribution in [-0.2, 0) is 22.9 Å². The van der Waals surface area contributed by atoms with Gasteiger partial charge in [-0.05, 0) is 52.9 Å². The molecule has 0 bridgehead atoms. The van der Waals surface area contributed by atoms with Gasteiger partial charge in [-0.3, -0.25) is 4.72 Å². The SMILES string of the molecule is CCc1cccc2ccc(S(=O)(=O)Nc3ccccc3C#N)c(CC)c12. The van der Waals surface area contributed by atoms with Crippen molar-refractivity contribution in [3.05, 3.63) is 71.3 Å². The predicted octanol–water partition coefficient (Wildman–Crippen LogP) is 4.64. The lowest BCUT2D eigenvalue weighted by Crippen LogP contribution is -2.16. The van der Waals surface area contributed by atoms with Gasteiger partial charge in [-0.2, -0.15) is 5.26 Å². The minimum absolute atomic E-state index is 0.265. The summed E-state index contributed by atoms with van der Waals surface area (Å²) in [5.41, 5.74) is 2.53. The molecule has 0 saturated carbocycles. The normalized spacial score (nSPS) is 11.3. The lowest BCUT2D eigenvalue weighted by molar-refractivity contribution is 0.600. The van der Waals surface area contributed by atoms with Crippen LogP contribution in [0.15, 0.2) is 59.5 Å². The van der Waals surface area contributed by atoms with Crippen LogP contribution in [0.3, 0.4) is 0 Å². The van der Waals surface area contributed by atoms with Crippen LogP contribution in [0, 0.1) is 11.3 Å². The van der Waals surface area contributed by atoms with Gasteiger partial charge in [-0.1, -0.05) is 50.2 Å². The first-order valence-electron chi connectivity index (χ1n) is 8.57. The highest BCUT2D eigenvalue weighted by atomic mass is 32.2. The van der Waals surface area contributed by atoms with Crippen molar-refractivity contribution in [2.45, 2.75) is 31.6 Å². The molecule has 0 amide bonds. The second kappa shape index (κ2) is 7.19. The molecule has 3 aromatic carbocycles. The molecular formula is C21H20N2O2S. The molecule has 1 N–H and O–H groups in total. The Hall–Kier alpha value is -2.84. The zero-order chi connectivity index (χ0) is 18.7. The molecule has 0 atom stereocenters. The maximum Gasteiger partial charge on any atom is 0.262 e. The molecule has 0 aliphatic rings. The monoisotopic (exact) mass is 364 g/mol. The van der Waals surface area contributed by atoms with Crippen molar-refractivity contribution in [1.82, 2.24) is 0 Å². The summed E-state index contributed by atoms with van der Waals surface area (Å²) in [6.45, 7) is 4.03. The maximum absolute atomic E-state index is 13.1. The number of para-hydroxylation sites is 1. The molecule has 26 heavy (non-hydrogen) atoms. The van der Waals surface area contributed by atoms with Gasteiger partial charge in [-0.15, -0.1) is 0 Å². The Kier molecular flexibility index (Phi) is 4.97. The predicted molar refractivity (Wildman–Crippen MR) is 105 cm³/mol. The minimum atomic E-state index is -3.81. The Morgan fingerprint density at radius 1 is 0.962 bits per heavy atom. The van der Waals surface area contributed by atoms with E-state index in [2.05, 4.69) is 11.6 Å². The fraction of sp³-hybridized carbons (Fsp3) is 0.190. The zero-order valence-electron chi connectivity index (χ0n) is 14.8. The molecule has 5 heteroatoms. The van der Waals surface area contributed by atoms with Crippen LogP contribution in [0.1, 0.15) is 30.5 Å². The summed E-state index contributed by atoms with van der Waals surface area (Å²) >= 11 is 0. The molecule has 0 saturated heterocycles. The van der Waals surface area contributed by atoms with Crippen molar-refractivity contribution in [3.8, 4) is 6.07 Å². The van der Waals surface area contributed by atoms with Gasteiger partial charge in [0.05, 0.1) is 16.1 Å². The van der Waals surface area contributed by atoms with Gasteiger partial charge in [0.25, 0.3) is 10.0 Å². The molecular weight excluding hydrogens is 344 g/mol. The number of hydrogen-bond donors (Lipinski definition) is 1. The molecule has 0 aromatic heterocycles. The van der Waals surface area contributed by atoms with E-state index in [1.807, 2.05) is 37.3 Å². The van der Waals surface area contributed by atoms with Crippen molar-refractivity contribution >= 4 is 26.5 Å². The Bertz CT molecular complexity index is 1110. The van der Waals surface area contributed by atoms with Gasteiger partial charge in [0.15, 0.2) is 0 Å². The smallest absolute Gasteiger partial charge is 0.262 e. The summed E-state index contributed by atoms with van der Waals surface area (Å²) in [5, 5.41) is 11.3. The molecule has 132 valence electrons. The van der Waals surface area contributed by atoms with Gasteiger partial charge in [0.2, 0.25) is 0 Å². The summed E-state index contributed by atoms with van der Waals surface area (Å²) in [6.07, 6.45) is 1.43. The van der Waals surface area contributed by atoms with Crippen molar-refractivity contribution in [2.24, 2.45) is 0 Å². The zero-order valence-corrected chi connectivity index (χ0v) is 15.6. The molecule has 0 heterocycles. The van der Waals surface area contributed by atoms with Crippen molar-refractivity contribution in [2.75, 3.05) is 4.72 Å². The van der Waals surface area contributed by atoms with E-state index in [-0.39, 0.29) is 4.90 Å². The third-order valence-corrected chi connectivity index (χ3v) is 5.96. The van der Waals surface area contributed by atoms with E-state index in [0.717, 1.165) is 28.3 Å². The lowest BCUT2D eigenvalue weighted by atomic mass is 9.96. The fourth-order valence-corrected chi connectivity index (χ4v) is 4.68. The van der Waals surface area contributed by atoms with E-state index in [1.54, 1.807) is 30.3 Å². The summed E-state index contributed by atoms with van der Waals surface area (Å²) in [4.78, 5) is 0.265. The molecule has 3 aromatic rings. The Balaban J connectivity index is 2.19. The second-order valence-corrected chi connectivity index (χ2v) is 7.68. The van der Waals surface area contributed by atoms with E-state index in [4.69, 9.17) is 0 Å². The van der Waals surface area contributed by atoms with E-state index < -0.39 is 10.0 Å². The van der Waals surface area contributed by atoms with Gasteiger partial charge in [0.1, 0.15) is 6.07 Å².